The van der Waals surface area contributed by atoms with E-state index in [2.05, 4.69) is 27.5 Å². The van der Waals surface area contributed by atoms with Crippen LogP contribution in [0.1, 0.15) is 24.5 Å². The minimum absolute atomic E-state index is 0. The van der Waals surface area contributed by atoms with Gasteiger partial charge in [-0.15, -0.1) is 35.3 Å². The van der Waals surface area contributed by atoms with Gasteiger partial charge in [0.05, 0.1) is 30.9 Å². The second-order valence-electron chi connectivity index (χ2n) is 6.01. The van der Waals surface area contributed by atoms with Gasteiger partial charge in [0.1, 0.15) is 17.6 Å². The van der Waals surface area contributed by atoms with Crippen molar-refractivity contribution in [1.29, 1.82) is 0 Å². The zero-order valence-corrected chi connectivity index (χ0v) is 19.7. The number of aromatic nitrogens is 1. The molecule has 27 heavy (non-hydrogen) atoms. The summed E-state index contributed by atoms with van der Waals surface area (Å²) in [6, 6.07) is 7.58. The van der Waals surface area contributed by atoms with E-state index < -0.39 is 0 Å². The van der Waals surface area contributed by atoms with E-state index in [1.807, 2.05) is 45.2 Å². The molecule has 1 atom stereocenters. The molecule has 0 radical (unpaired) electrons. The van der Waals surface area contributed by atoms with Crippen molar-refractivity contribution < 1.29 is 9.47 Å². The molecule has 1 unspecified atom stereocenters. The molecule has 0 aliphatic heterocycles. The third-order valence-corrected chi connectivity index (χ3v) is 4.48. The maximum absolute atomic E-state index is 5.92. The number of nitrogens with zero attached hydrogens (tertiary/aromatic N) is 3. The highest BCUT2D eigenvalue weighted by Gasteiger charge is 2.10. The number of nitrogens with one attached hydrogen (secondary N) is 1. The number of hydrogen-bond acceptors (Lipinski definition) is 5. The van der Waals surface area contributed by atoms with Gasteiger partial charge in [0.15, 0.2) is 5.96 Å². The summed E-state index contributed by atoms with van der Waals surface area (Å²) < 4.78 is 11.1. The van der Waals surface area contributed by atoms with Crippen LogP contribution in [0.15, 0.2) is 34.6 Å². The van der Waals surface area contributed by atoms with E-state index in [1.54, 1.807) is 18.4 Å². The second kappa shape index (κ2) is 12.0. The molecule has 0 bridgehead atoms. The van der Waals surface area contributed by atoms with Crippen LogP contribution in [0.4, 0.5) is 0 Å². The number of aryl methyl sites for hydroxylation is 1. The zero-order chi connectivity index (χ0) is 18.9. The fourth-order valence-electron chi connectivity index (χ4n) is 2.41. The van der Waals surface area contributed by atoms with Gasteiger partial charge >= 0.3 is 0 Å². The molecular weight excluding hydrogens is 475 g/mol. The highest BCUT2D eigenvalue weighted by molar-refractivity contribution is 14.0. The lowest BCUT2D eigenvalue weighted by Gasteiger charge is -2.22. The molecular formula is C19H29IN4O2S. The Kier molecular flexibility index (Phi) is 10.5. The number of ether oxygens (including phenoxy) is 2. The highest BCUT2D eigenvalue weighted by atomic mass is 127. The molecule has 1 aromatic carbocycles. The molecule has 0 saturated heterocycles. The largest absolute Gasteiger partial charge is 0.497 e. The summed E-state index contributed by atoms with van der Waals surface area (Å²) in [5.41, 5.74) is 1.06. The van der Waals surface area contributed by atoms with Gasteiger partial charge in [0, 0.05) is 19.0 Å². The Bertz CT molecular complexity index is 706. The standard InChI is InChI=1S/C19H28N4O2S.HI/c1-6-20-19(23(4)12-16-13-26-15(3)22-16)21-11-14(2)25-18-9-7-17(24-5)8-10-18;/h7-10,13-14H,6,11-12H2,1-5H3,(H,20,21);1H. The first-order valence-corrected chi connectivity index (χ1v) is 9.61. The molecule has 0 aliphatic rings. The first-order valence-electron chi connectivity index (χ1n) is 8.73. The maximum Gasteiger partial charge on any atom is 0.194 e. The minimum atomic E-state index is -0.0352. The average Bonchev–Trinajstić information content (AvgIpc) is 3.04. The SMILES string of the molecule is CCNC(=NCC(C)Oc1ccc(OC)cc1)N(C)Cc1csc(C)n1.I. The zero-order valence-electron chi connectivity index (χ0n) is 16.6. The van der Waals surface area contributed by atoms with Crippen LogP contribution in [0.25, 0.3) is 0 Å². The normalized spacial score (nSPS) is 12.1. The van der Waals surface area contributed by atoms with Crippen LogP contribution in [0.2, 0.25) is 0 Å². The van der Waals surface area contributed by atoms with Crippen molar-refractivity contribution in [2.75, 3.05) is 27.2 Å². The highest BCUT2D eigenvalue weighted by Crippen LogP contribution is 2.18. The van der Waals surface area contributed by atoms with Crippen LogP contribution < -0.4 is 14.8 Å². The van der Waals surface area contributed by atoms with Gasteiger partial charge in [-0.3, -0.25) is 0 Å². The molecule has 8 heteroatoms. The summed E-state index contributed by atoms with van der Waals surface area (Å²) in [6.45, 7) is 8.20. The third-order valence-electron chi connectivity index (χ3n) is 3.66. The molecule has 0 saturated carbocycles. The van der Waals surface area contributed by atoms with Crippen molar-refractivity contribution in [3.63, 3.8) is 0 Å². The number of methoxy groups -OCH3 is 1. The summed E-state index contributed by atoms with van der Waals surface area (Å²) in [5, 5.41) is 6.49. The predicted molar refractivity (Wildman–Crippen MR) is 123 cm³/mol. The summed E-state index contributed by atoms with van der Waals surface area (Å²) in [7, 11) is 3.67. The molecule has 1 N–H and O–H groups in total. The van der Waals surface area contributed by atoms with E-state index in [9.17, 15) is 0 Å². The van der Waals surface area contributed by atoms with E-state index in [-0.39, 0.29) is 30.1 Å². The molecule has 0 amide bonds. The number of guanidine groups is 1. The van der Waals surface area contributed by atoms with Crippen molar-refractivity contribution in [3.8, 4) is 11.5 Å². The summed E-state index contributed by atoms with van der Waals surface area (Å²) in [5.74, 6) is 2.48. The Morgan fingerprint density at radius 2 is 1.96 bits per heavy atom. The Hall–Kier alpha value is -1.55. The van der Waals surface area contributed by atoms with Crippen LogP contribution in [0, 0.1) is 6.92 Å². The van der Waals surface area contributed by atoms with Crippen molar-refractivity contribution in [2.45, 2.75) is 33.4 Å². The van der Waals surface area contributed by atoms with Crippen LogP contribution in [-0.4, -0.2) is 49.2 Å². The Balaban J connectivity index is 0.00000364. The van der Waals surface area contributed by atoms with Crippen LogP contribution in [0.5, 0.6) is 11.5 Å². The molecule has 2 rings (SSSR count). The molecule has 0 spiro atoms. The van der Waals surface area contributed by atoms with Crippen LogP contribution >= 0.6 is 35.3 Å². The second-order valence-corrected chi connectivity index (χ2v) is 7.07. The van der Waals surface area contributed by atoms with E-state index >= 15 is 0 Å². The van der Waals surface area contributed by atoms with Crippen LogP contribution in [-0.2, 0) is 6.54 Å². The number of thiazole rings is 1. The molecule has 0 aliphatic carbocycles. The lowest BCUT2D eigenvalue weighted by Crippen LogP contribution is -2.39. The van der Waals surface area contributed by atoms with Crippen molar-refractivity contribution in [3.05, 3.63) is 40.3 Å². The molecule has 150 valence electrons. The monoisotopic (exact) mass is 504 g/mol. The van der Waals surface area contributed by atoms with E-state index in [0.717, 1.165) is 41.2 Å². The van der Waals surface area contributed by atoms with Crippen LogP contribution in [0.3, 0.4) is 0 Å². The van der Waals surface area contributed by atoms with Crippen molar-refractivity contribution in [1.82, 2.24) is 15.2 Å². The van der Waals surface area contributed by atoms with Gasteiger partial charge in [-0.05, 0) is 45.0 Å². The topological polar surface area (TPSA) is 59.0 Å². The fourth-order valence-corrected chi connectivity index (χ4v) is 3.01. The van der Waals surface area contributed by atoms with Gasteiger partial charge in [-0.25, -0.2) is 9.98 Å². The summed E-state index contributed by atoms with van der Waals surface area (Å²) in [6.07, 6.45) is -0.0352. The van der Waals surface area contributed by atoms with E-state index in [1.165, 1.54) is 0 Å². The van der Waals surface area contributed by atoms with Gasteiger partial charge in [0.2, 0.25) is 0 Å². The van der Waals surface area contributed by atoms with Gasteiger partial charge < -0.3 is 19.7 Å². The van der Waals surface area contributed by atoms with Gasteiger partial charge in [-0.1, -0.05) is 0 Å². The lowest BCUT2D eigenvalue weighted by atomic mass is 10.3. The minimum Gasteiger partial charge on any atom is -0.497 e. The number of halogens is 1. The van der Waals surface area contributed by atoms with Crippen molar-refractivity contribution >= 4 is 41.3 Å². The molecule has 6 nitrogen and oxygen atoms in total. The molecule has 1 heterocycles. The molecule has 0 fully saturated rings. The van der Waals surface area contributed by atoms with E-state index in [0.29, 0.717) is 6.54 Å². The summed E-state index contributed by atoms with van der Waals surface area (Å²) >= 11 is 1.67. The Morgan fingerprint density at radius 3 is 2.52 bits per heavy atom. The van der Waals surface area contributed by atoms with Gasteiger partial charge in [0.25, 0.3) is 0 Å². The maximum atomic E-state index is 5.92. The average molecular weight is 504 g/mol. The summed E-state index contributed by atoms with van der Waals surface area (Å²) in [4.78, 5) is 11.3. The first kappa shape index (κ1) is 23.5. The number of hydrogen-bond donors (Lipinski definition) is 1. The molecule has 2 aromatic rings. The predicted octanol–water partition coefficient (Wildman–Crippen LogP) is 3.94. The third kappa shape index (κ3) is 7.92. The first-order chi connectivity index (χ1) is 12.5. The van der Waals surface area contributed by atoms with Gasteiger partial charge in [-0.2, -0.15) is 0 Å². The fraction of sp³-hybridized carbons (Fsp3) is 0.474. The number of aliphatic imine (C=N–C) groups is 1. The smallest absolute Gasteiger partial charge is 0.194 e. The Labute approximate surface area is 183 Å². The van der Waals surface area contributed by atoms with Crippen molar-refractivity contribution in [2.24, 2.45) is 4.99 Å². The molecule has 1 aromatic heterocycles. The van der Waals surface area contributed by atoms with E-state index in [4.69, 9.17) is 14.5 Å². The Morgan fingerprint density at radius 1 is 1.30 bits per heavy atom. The lowest BCUT2D eigenvalue weighted by molar-refractivity contribution is 0.229. The number of rotatable bonds is 8. The quantitative estimate of drug-likeness (QED) is 0.335. The number of benzene rings is 1.